The Morgan fingerprint density at radius 1 is 1.35 bits per heavy atom. The number of guanidine groups is 1. The first-order chi connectivity index (χ1) is 9.26. The molecule has 3 N–H and O–H groups in total. The predicted octanol–water partition coefficient (Wildman–Crippen LogP) is 3.35. The molecule has 0 bridgehead atoms. The molecule has 4 nitrogen and oxygen atoms in total. The fraction of sp³-hybridized carbons (Fsp3) is 0.714. The van der Waals surface area contributed by atoms with Crippen LogP contribution >= 0.6 is 35.3 Å². The molecule has 1 heterocycles. The average molecular weight is 410 g/mol. The van der Waals surface area contributed by atoms with Gasteiger partial charge in [-0.15, -0.1) is 35.3 Å². The second-order valence-electron chi connectivity index (χ2n) is 4.59. The Hall–Kier alpha value is -0.370. The molecule has 0 aliphatic heterocycles. The lowest BCUT2D eigenvalue weighted by Gasteiger charge is -2.04. The Morgan fingerprint density at radius 2 is 2.15 bits per heavy atom. The Bertz CT molecular complexity index is 379. The van der Waals surface area contributed by atoms with Gasteiger partial charge in [0.25, 0.3) is 0 Å². The van der Waals surface area contributed by atoms with Gasteiger partial charge in [-0.05, 0) is 12.8 Å². The zero-order valence-corrected chi connectivity index (χ0v) is 15.7. The van der Waals surface area contributed by atoms with Gasteiger partial charge in [-0.2, -0.15) is 0 Å². The molecular formula is C14H27IN4S. The van der Waals surface area contributed by atoms with E-state index in [0.29, 0.717) is 5.96 Å². The first kappa shape index (κ1) is 19.6. The maximum atomic E-state index is 5.81. The minimum atomic E-state index is 0. The predicted molar refractivity (Wildman–Crippen MR) is 99.2 cm³/mol. The molecule has 116 valence electrons. The number of unbranched alkanes of at least 4 members (excludes halogenated alkanes) is 3. The van der Waals surface area contributed by atoms with E-state index >= 15 is 0 Å². The fourth-order valence-electron chi connectivity index (χ4n) is 1.74. The quantitative estimate of drug-likeness (QED) is 0.284. The van der Waals surface area contributed by atoms with Crippen LogP contribution in [0.1, 0.15) is 50.2 Å². The third-order valence-electron chi connectivity index (χ3n) is 2.88. The molecule has 20 heavy (non-hydrogen) atoms. The molecule has 0 aliphatic carbocycles. The molecule has 0 atom stereocenters. The number of nitrogens with two attached hydrogens (primary N) is 1. The van der Waals surface area contributed by atoms with Crippen molar-refractivity contribution in [3.8, 4) is 0 Å². The molecule has 1 aromatic heterocycles. The first-order valence-electron chi connectivity index (χ1n) is 7.23. The van der Waals surface area contributed by atoms with Crippen LogP contribution in [-0.4, -0.2) is 24.0 Å². The second kappa shape index (κ2) is 12.4. The summed E-state index contributed by atoms with van der Waals surface area (Å²) in [6.07, 6.45) is 6.83. The Balaban J connectivity index is 0.00000361. The summed E-state index contributed by atoms with van der Waals surface area (Å²) >= 11 is 1.73. The zero-order chi connectivity index (χ0) is 13.9. The van der Waals surface area contributed by atoms with Gasteiger partial charge in [-0.1, -0.05) is 33.1 Å². The average Bonchev–Trinajstić information content (AvgIpc) is 2.86. The number of hydrogen-bond donors (Lipinski definition) is 2. The van der Waals surface area contributed by atoms with Crippen molar-refractivity contribution in [2.45, 2.75) is 52.4 Å². The van der Waals surface area contributed by atoms with Gasteiger partial charge < -0.3 is 11.1 Å². The van der Waals surface area contributed by atoms with Crippen molar-refractivity contribution in [3.63, 3.8) is 0 Å². The summed E-state index contributed by atoms with van der Waals surface area (Å²) in [5.41, 5.74) is 6.95. The first-order valence-corrected chi connectivity index (χ1v) is 8.11. The highest BCUT2D eigenvalue weighted by Gasteiger charge is 2.00. The summed E-state index contributed by atoms with van der Waals surface area (Å²) < 4.78 is 0. The van der Waals surface area contributed by atoms with Crippen LogP contribution in [0, 0.1) is 0 Å². The number of nitrogens with zero attached hydrogens (tertiary/aromatic N) is 2. The van der Waals surface area contributed by atoms with Gasteiger partial charge >= 0.3 is 0 Å². The molecule has 0 saturated heterocycles. The van der Waals surface area contributed by atoms with E-state index in [4.69, 9.17) is 5.73 Å². The minimum Gasteiger partial charge on any atom is -0.370 e. The molecule has 1 rings (SSSR count). The van der Waals surface area contributed by atoms with Crippen molar-refractivity contribution in [2.24, 2.45) is 10.7 Å². The molecule has 0 saturated carbocycles. The van der Waals surface area contributed by atoms with Crippen molar-refractivity contribution in [2.75, 3.05) is 13.1 Å². The lowest BCUT2D eigenvalue weighted by molar-refractivity contribution is 0.673. The number of thiazole rings is 1. The molecule has 0 aliphatic rings. The highest BCUT2D eigenvalue weighted by Crippen LogP contribution is 2.10. The largest absolute Gasteiger partial charge is 0.370 e. The number of aromatic nitrogens is 1. The van der Waals surface area contributed by atoms with Crippen LogP contribution in [0.3, 0.4) is 0 Å². The van der Waals surface area contributed by atoms with E-state index in [1.807, 2.05) is 0 Å². The van der Waals surface area contributed by atoms with Gasteiger partial charge in [0.15, 0.2) is 5.96 Å². The topological polar surface area (TPSA) is 63.3 Å². The van der Waals surface area contributed by atoms with Gasteiger partial charge in [-0.3, -0.25) is 4.99 Å². The molecule has 6 heteroatoms. The number of rotatable bonds is 9. The molecule has 0 fully saturated rings. The monoisotopic (exact) mass is 410 g/mol. The third-order valence-corrected chi connectivity index (χ3v) is 3.92. The van der Waals surface area contributed by atoms with Crippen molar-refractivity contribution < 1.29 is 0 Å². The van der Waals surface area contributed by atoms with Crippen molar-refractivity contribution >= 4 is 41.3 Å². The third kappa shape index (κ3) is 8.73. The Labute approximate surface area is 143 Å². The van der Waals surface area contributed by atoms with E-state index < -0.39 is 0 Å². The van der Waals surface area contributed by atoms with Crippen LogP contribution in [-0.2, 0) is 12.8 Å². The molecule has 0 aromatic carbocycles. The summed E-state index contributed by atoms with van der Waals surface area (Å²) in [4.78, 5) is 8.83. The smallest absolute Gasteiger partial charge is 0.188 e. The molecule has 0 spiro atoms. The maximum Gasteiger partial charge on any atom is 0.188 e. The minimum absolute atomic E-state index is 0. The van der Waals surface area contributed by atoms with E-state index in [2.05, 4.69) is 34.5 Å². The van der Waals surface area contributed by atoms with Crippen LogP contribution in [0.15, 0.2) is 10.4 Å². The molecule has 0 radical (unpaired) electrons. The number of nitrogens with one attached hydrogen (secondary N) is 1. The fourth-order valence-corrected chi connectivity index (χ4v) is 2.52. The summed E-state index contributed by atoms with van der Waals surface area (Å²) in [5, 5.41) is 6.47. The maximum absolute atomic E-state index is 5.81. The number of aryl methyl sites for hydroxylation is 1. The van der Waals surface area contributed by atoms with E-state index in [1.165, 1.54) is 24.3 Å². The zero-order valence-electron chi connectivity index (χ0n) is 12.5. The Morgan fingerprint density at radius 3 is 2.80 bits per heavy atom. The van der Waals surface area contributed by atoms with Gasteiger partial charge in [0, 0.05) is 24.9 Å². The second-order valence-corrected chi connectivity index (χ2v) is 5.53. The van der Waals surface area contributed by atoms with Gasteiger partial charge in [-0.25, -0.2) is 4.98 Å². The standard InChI is InChI=1S/C14H26N4S.HI/c1-3-5-6-7-9-16-14(15)17-10-8-12-11-19-13(4-2)18-12;/h11H,3-10H2,1-2H3,(H3,15,16,17);1H. The van der Waals surface area contributed by atoms with E-state index in [9.17, 15) is 0 Å². The summed E-state index contributed by atoms with van der Waals surface area (Å²) in [7, 11) is 0. The van der Waals surface area contributed by atoms with E-state index in [-0.39, 0.29) is 24.0 Å². The van der Waals surface area contributed by atoms with Gasteiger partial charge in [0.1, 0.15) is 0 Å². The van der Waals surface area contributed by atoms with E-state index in [1.54, 1.807) is 11.3 Å². The lowest BCUT2D eigenvalue weighted by Crippen LogP contribution is -2.33. The summed E-state index contributed by atoms with van der Waals surface area (Å²) in [6, 6.07) is 0. The van der Waals surface area contributed by atoms with Crippen LogP contribution in [0.25, 0.3) is 0 Å². The Kier molecular flexibility index (Phi) is 12.1. The highest BCUT2D eigenvalue weighted by molar-refractivity contribution is 14.0. The number of halogens is 1. The van der Waals surface area contributed by atoms with Crippen LogP contribution in [0.4, 0.5) is 0 Å². The summed E-state index contributed by atoms with van der Waals surface area (Å²) in [5.74, 6) is 0.558. The number of aliphatic imine (C=N–C) groups is 1. The summed E-state index contributed by atoms with van der Waals surface area (Å²) in [6.45, 7) is 5.97. The van der Waals surface area contributed by atoms with Crippen LogP contribution < -0.4 is 11.1 Å². The molecule has 0 unspecified atom stereocenters. The van der Waals surface area contributed by atoms with Crippen LogP contribution in [0.5, 0.6) is 0 Å². The SMILES string of the molecule is CCCCCCN=C(N)NCCc1csc(CC)n1.I. The van der Waals surface area contributed by atoms with Crippen molar-refractivity contribution in [3.05, 3.63) is 16.1 Å². The van der Waals surface area contributed by atoms with E-state index in [0.717, 1.165) is 38.0 Å². The molecule has 1 aromatic rings. The van der Waals surface area contributed by atoms with Crippen molar-refractivity contribution in [1.82, 2.24) is 10.3 Å². The normalized spacial score (nSPS) is 11.2. The lowest BCUT2D eigenvalue weighted by atomic mass is 10.2. The van der Waals surface area contributed by atoms with Crippen LogP contribution in [0.2, 0.25) is 0 Å². The van der Waals surface area contributed by atoms with Crippen molar-refractivity contribution in [1.29, 1.82) is 0 Å². The molecular weight excluding hydrogens is 383 g/mol. The van der Waals surface area contributed by atoms with Gasteiger partial charge in [0.05, 0.1) is 10.7 Å². The highest BCUT2D eigenvalue weighted by atomic mass is 127. The van der Waals surface area contributed by atoms with Gasteiger partial charge in [0.2, 0.25) is 0 Å². The molecule has 0 amide bonds. The number of hydrogen-bond acceptors (Lipinski definition) is 3.